The number of alkyl halides is 3. The summed E-state index contributed by atoms with van der Waals surface area (Å²) in [6.07, 6.45) is -4.02. The van der Waals surface area contributed by atoms with Crippen LogP contribution in [-0.2, 0) is 22.8 Å². The molecule has 0 fully saturated rings. The Bertz CT molecular complexity index is 1270. The maximum atomic E-state index is 13.1. The minimum atomic E-state index is -4.71. The van der Waals surface area contributed by atoms with Crippen molar-refractivity contribution >= 4 is 27.4 Å². The van der Waals surface area contributed by atoms with Gasteiger partial charge in [-0.05, 0) is 60.7 Å². The number of nitrogens with zero attached hydrogens (tertiary/aromatic N) is 1. The third-order valence-electron chi connectivity index (χ3n) is 5.35. The van der Waals surface area contributed by atoms with Crippen LogP contribution in [0.2, 0.25) is 0 Å². The maximum absolute atomic E-state index is 13.1. The summed E-state index contributed by atoms with van der Waals surface area (Å²) in [5.74, 6) is -0.289. The fourth-order valence-corrected chi connectivity index (χ4v) is 4.92. The summed E-state index contributed by atoms with van der Waals surface area (Å²) < 4.78 is 75.1. The second-order valence-corrected chi connectivity index (χ2v) is 10.2. The number of carbonyl (C=O) groups excluding carboxylic acids is 1. The van der Waals surface area contributed by atoms with Crippen molar-refractivity contribution in [3.8, 4) is 11.5 Å². The van der Waals surface area contributed by atoms with Crippen molar-refractivity contribution in [2.45, 2.75) is 43.9 Å². The lowest BCUT2D eigenvalue weighted by Gasteiger charge is -2.28. The molecule has 1 atom stereocenters. The molecule has 1 amide bonds. The summed E-state index contributed by atoms with van der Waals surface area (Å²) in [6.45, 7) is 4.02. The van der Waals surface area contributed by atoms with Crippen molar-refractivity contribution in [1.82, 2.24) is 4.90 Å². The second-order valence-electron chi connectivity index (χ2n) is 7.72. The van der Waals surface area contributed by atoms with Crippen LogP contribution in [-0.4, -0.2) is 32.4 Å². The molecule has 0 saturated carbocycles. The standard InChI is InChI=1S/C24H24F3NO5S2/c1-4-16(2)28(23(29)22-9-6-12-34-22)15-17-10-11-20(32-3)21(13-17)33-35(30,31)19-8-5-7-18(14-19)24(25,26)27/h5-14,16H,4,15H2,1-3H3/t16-/m1/s1. The zero-order chi connectivity index (χ0) is 25.8. The van der Waals surface area contributed by atoms with Crippen LogP contribution in [0, 0.1) is 0 Å². The van der Waals surface area contributed by atoms with Gasteiger partial charge in [0, 0.05) is 12.6 Å². The van der Waals surface area contributed by atoms with Gasteiger partial charge in [-0.2, -0.15) is 21.6 Å². The van der Waals surface area contributed by atoms with Crippen molar-refractivity contribution in [3.63, 3.8) is 0 Å². The second kappa shape index (κ2) is 10.7. The first-order chi connectivity index (χ1) is 16.5. The molecule has 35 heavy (non-hydrogen) atoms. The summed E-state index contributed by atoms with van der Waals surface area (Å²) in [4.78, 5) is 14.6. The van der Waals surface area contributed by atoms with E-state index in [1.165, 1.54) is 30.6 Å². The van der Waals surface area contributed by atoms with Gasteiger partial charge in [0.1, 0.15) is 4.90 Å². The predicted octanol–water partition coefficient (Wildman–Crippen LogP) is 5.98. The van der Waals surface area contributed by atoms with E-state index in [-0.39, 0.29) is 30.0 Å². The number of amides is 1. The summed E-state index contributed by atoms with van der Waals surface area (Å²) in [6, 6.07) is 11.3. The Morgan fingerprint density at radius 2 is 1.83 bits per heavy atom. The monoisotopic (exact) mass is 527 g/mol. The molecule has 188 valence electrons. The first kappa shape index (κ1) is 26.6. The summed E-state index contributed by atoms with van der Waals surface area (Å²) >= 11 is 1.32. The van der Waals surface area contributed by atoms with Gasteiger partial charge in [0.15, 0.2) is 11.5 Å². The van der Waals surface area contributed by atoms with Crippen molar-refractivity contribution in [3.05, 3.63) is 76.0 Å². The third kappa shape index (κ3) is 6.34. The largest absolute Gasteiger partial charge is 0.493 e. The highest BCUT2D eigenvalue weighted by Gasteiger charge is 2.32. The molecule has 0 aliphatic rings. The number of hydrogen-bond donors (Lipinski definition) is 0. The van der Waals surface area contributed by atoms with E-state index in [1.54, 1.807) is 28.5 Å². The van der Waals surface area contributed by atoms with Gasteiger partial charge in [0.2, 0.25) is 0 Å². The van der Waals surface area contributed by atoms with Gasteiger partial charge in [0.25, 0.3) is 5.91 Å². The van der Waals surface area contributed by atoms with E-state index in [0.29, 0.717) is 22.9 Å². The minimum absolute atomic E-state index is 0.0731. The Hall–Kier alpha value is -3.05. The van der Waals surface area contributed by atoms with Gasteiger partial charge >= 0.3 is 16.3 Å². The van der Waals surface area contributed by atoms with Crippen LogP contribution in [0.5, 0.6) is 11.5 Å². The SMILES string of the molecule is CC[C@@H](C)N(Cc1ccc(OC)c(OS(=O)(=O)c2cccc(C(F)(F)F)c2)c1)C(=O)c1cccs1. The number of methoxy groups -OCH3 is 1. The highest BCUT2D eigenvalue weighted by atomic mass is 32.2. The molecular formula is C24H24F3NO5S2. The molecule has 1 aromatic heterocycles. The minimum Gasteiger partial charge on any atom is -0.493 e. The molecule has 11 heteroatoms. The number of thiophene rings is 1. The molecule has 0 spiro atoms. The van der Waals surface area contributed by atoms with E-state index in [4.69, 9.17) is 8.92 Å². The van der Waals surface area contributed by atoms with Gasteiger partial charge < -0.3 is 13.8 Å². The van der Waals surface area contributed by atoms with E-state index in [9.17, 15) is 26.4 Å². The zero-order valence-corrected chi connectivity index (χ0v) is 20.8. The highest BCUT2D eigenvalue weighted by molar-refractivity contribution is 7.87. The van der Waals surface area contributed by atoms with Crippen molar-refractivity contribution in [1.29, 1.82) is 0 Å². The first-order valence-corrected chi connectivity index (χ1v) is 12.9. The van der Waals surface area contributed by atoms with E-state index in [2.05, 4.69) is 0 Å². The lowest BCUT2D eigenvalue weighted by Crippen LogP contribution is -2.37. The van der Waals surface area contributed by atoms with Gasteiger partial charge in [-0.25, -0.2) is 0 Å². The quantitative estimate of drug-likeness (QED) is 0.320. The van der Waals surface area contributed by atoms with Gasteiger partial charge in [0.05, 0.1) is 17.6 Å². The molecule has 3 rings (SSSR count). The summed E-state index contributed by atoms with van der Waals surface area (Å²) in [5, 5.41) is 1.81. The molecule has 0 unspecified atom stereocenters. The third-order valence-corrected chi connectivity index (χ3v) is 7.43. The molecule has 0 N–H and O–H groups in total. The molecule has 3 aromatic rings. The van der Waals surface area contributed by atoms with E-state index in [1.807, 2.05) is 13.8 Å². The Balaban J connectivity index is 1.93. The molecule has 6 nitrogen and oxygen atoms in total. The van der Waals surface area contributed by atoms with Gasteiger partial charge in [-0.15, -0.1) is 11.3 Å². The fourth-order valence-electron chi connectivity index (χ4n) is 3.27. The van der Waals surface area contributed by atoms with Gasteiger partial charge in [-0.3, -0.25) is 4.79 Å². The Morgan fingerprint density at radius 3 is 2.43 bits per heavy atom. The topological polar surface area (TPSA) is 72.9 Å². The maximum Gasteiger partial charge on any atom is 0.416 e. The number of rotatable bonds is 9. The Labute approximate surface area is 206 Å². The van der Waals surface area contributed by atoms with Crippen LogP contribution < -0.4 is 8.92 Å². The van der Waals surface area contributed by atoms with Crippen LogP contribution >= 0.6 is 11.3 Å². The molecule has 0 aliphatic carbocycles. The predicted molar refractivity (Wildman–Crippen MR) is 126 cm³/mol. The summed E-state index contributed by atoms with van der Waals surface area (Å²) in [7, 11) is -3.30. The normalized spacial score (nSPS) is 12.7. The number of hydrogen-bond acceptors (Lipinski definition) is 6. The van der Waals surface area contributed by atoms with Crippen molar-refractivity contribution in [2.75, 3.05) is 7.11 Å². The smallest absolute Gasteiger partial charge is 0.416 e. The van der Waals surface area contributed by atoms with Crippen molar-refractivity contribution in [2.24, 2.45) is 0 Å². The van der Waals surface area contributed by atoms with E-state index >= 15 is 0 Å². The molecular weight excluding hydrogens is 503 g/mol. The average Bonchev–Trinajstić information content (AvgIpc) is 3.36. The Morgan fingerprint density at radius 1 is 1.09 bits per heavy atom. The van der Waals surface area contributed by atoms with Crippen molar-refractivity contribution < 1.29 is 35.3 Å². The number of benzene rings is 2. The van der Waals surface area contributed by atoms with Crippen LogP contribution in [0.15, 0.2) is 64.9 Å². The average molecular weight is 528 g/mol. The molecule has 1 heterocycles. The number of ether oxygens (including phenoxy) is 1. The molecule has 0 bridgehead atoms. The lowest BCUT2D eigenvalue weighted by atomic mass is 10.1. The number of halogens is 3. The molecule has 2 aromatic carbocycles. The van der Waals surface area contributed by atoms with Crippen LogP contribution in [0.3, 0.4) is 0 Å². The van der Waals surface area contributed by atoms with E-state index < -0.39 is 26.8 Å². The van der Waals surface area contributed by atoms with E-state index in [0.717, 1.165) is 18.2 Å². The van der Waals surface area contributed by atoms with Crippen LogP contribution in [0.25, 0.3) is 0 Å². The first-order valence-electron chi connectivity index (χ1n) is 10.6. The highest BCUT2D eigenvalue weighted by Crippen LogP contribution is 2.34. The number of carbonyl (C=O) groups is 1. The molecule has 0 saturated heterocycles. The van der Waals surface area contributed by atoms with Gasteiger partial charge in [-0.1, -0.05) is 25.1 Å². The molecule has 0 aliphatic heterocycles. The fraction of sp³-hybridized carbons (Fsp3) is 0.292. The van der Waals surface area contributed by atoms with Crippen LogP contribution in [0.1, 0.15) is 41.1 Å². The lowest BCUT2D eigenvalue weighted by molar-refractivity contribution is -0.137. The Kier molecular flexibility index (Phi) is 8.11. The van der Waals surface area contributed by atoms with Crippen LogP contribution in [0.4, 0.5) is 13.2 Å². The summed E-state index contributed by atoms with van der Waals surface area (Å²) in [5.41, 5.74) is -0.551. The molecule has 0 radical (unpaired) electrons. The zero-order valence-electron chi connectivity index (χ0n) is 19.2.